The molecule has 1 atom stereocenters. The Morgan fingerprint density at radius 2 is 2.19 bits per heavy atom. The maximum absolute atomic E-state index is 11.3. The van der Waals surface area contributed by atoms with Gasteiger partial charge < -0.3 is 5.32 Å². The number of anilines is 1. The summed E-state index contributed by atoms with van der Waals surface area (Å²) in [4.78, 5) is 11.3. The molecule has 16 heavy (non-hydrogen) atoms. The average Bonchev–Trinajstić information content (AvgIpc) is 2.18. The molecule has 0 spiro atoms. The molecule has 90 valence electrons. The summed E-state index contributed by atoms with van der Waals surface area (Å²) in [5.74, 6) is 0.499. The van der Waals surface area contributed by atoms with Crippen LogP contribution in [0.15, 0.2) is 15.5 Å². The quantitative estimate of drug-likeness (QED) is 0.899. The molecule has 0 amide bonds. The fourth-order valence-corrected chi connectivity index (χ4v) is 1.41. The molecule has 0 bridgehead atoms. The van der Waals surface area contributed by atoms with Gasteiger partial charge in [0.25, 0.3) is 5.56 Å². The molecule has 0 aliphatic heterocycles. The van der Waals surface area contributed by atoms with E-state index in [1.54, 1.807) is 6.20 Å². The van der Waals surface area contributed by atoms with Crippen LogP contribution >= 0.6 is 15.9 Å². The van der Waals surface area contributed by atoms with Gasteiger partial charge in [-0.05, 0) is 27.3 Å². The van der Waals surface area contributed by atoms with Crippen molar-refractivity contribution in [3.63, 3.8) is 0 Å². The number of hydrogen-bond acceptors (Lipinski definition) is 3. The van der Waals surface area contributed by atoms with Crippen LogP contribution in [0.5, 0.6) is 0 Å². The van der Waals surface area contributed by atoms with Crippen LogP contribution in [0.4, 0.5) is 5.69 Å². The molecule has 0 saturated heterocycles. The van der Waals surface area contributed by atoms with E-state index in [9.17, 15) is 4.79 Å². The van der Waals surface area contributed by atoms with E-state index in [2.05, 4.69) is 59.1 Å². The molecule has 1 rings (SSSR count). The minimum Gasteiger partial charge on any atom is -0.382 e. The molecule has 0 saturated carbocycles. The molecule has 1 unspecified atom stereocenters. The molecule has 1 aromatic heterocycles. The number of hydrogen-bond donors (Lipinski definition) is 2. The lowest BCUT2D eigenvalue weighted by atomic mass is 9.82. The largest absolute Gasteiger partial charge is 0.382 e. The van der Waals surface area contributed by atoms with Crippen molar-refractivity contribution in [1.29, 1.82) is 0 Å². The predicted molar refractivity (Wildman–Crippen MR) is 69.7 cm³/mol. The van der Waals surface area contributed by atoms with Gasteiger partial charge in [0.1, 0.15) is 4.47 Å². The van der Waals surface area contributed by atoms with Gasteiger partial charge in [0, 0.05) is 6.54 Å². The molecule has 0 aliphatic rings. The number of H-pyrrole nitrogens is 1. The Morgan fingerprint density at radius 1 is 1.56 bits per heavy atom. The van der Waals surface area contributed by atoms with E-state index in [1.165, 1.54) is 0 Å². The number of halogens is 1. The first-order chi connectivity index (χ1) is 7.32. The zero-order valence-electron chi connectivity index (χ0n) is 10.1. The summed E-state index contributed by atoms with van der Waals surface area (Å²) in [6.07, 6.45) is 1.61. The second-order valence-electron chi connectivity index (χ2n) is 5.07. The SMILES string of the molecule is CC(CNc1cn[nH]c(=O)c1Br)C(C)(C)C. The van der Waals surface area contributed by atoms with Crippen LogP contribution in [0.2, 0.25) is 0 Å². The van der Waals surface area contributed by atoms with Gasteiger partial charge in [-0.2, -0.15) is 5.10 Å². The van der Waals surface area contributed by atoms with Crippen LogP contribution in [0.25, 0.3) is 0 Å². The van der Waals surface area contributed by atoms with Crippen molar-refractivity contribution in [3.8, 4) is 0 Å². The van der Waals surface area contributed by atoms with Crippen molar-refractivity contribution >= 4 is 21.6 Å². The summed E-state index contributed by atoms with van der Waals surface area (Å²) in [5, 5.41) is 9.35. The Hall–Kier alpha value is -0.840. The van der Waals surface area contributed by atoms with Crippen molar-refractivity contribution in [3.05, 3.63) is 21.0 Å². The Bertz CT molecular complexity index is 408. The highest BCUT2D eigenvalue weighted by molar-refractivity contribution is 9.10. The first-order valence-electron chi connectivity index (χ1n) is 5.29. The second kappa shape index (κ2) is 4.99. The highest BCUT2D eigenvalue weighted by Gasteiger charge is 2.19. The number of nitrogens with one attached hydrogen (secondary N) is 2. The van der Waals surface area contributed by atoms with E-state index in [1.807, 2.05) is 0 Å². The molecule has 1 aromatic rings. The third-order valence-corrected chi connectivity index (χ3v) is 3.66. The summed E-state index contributed by atoms with van der Waals surface area (Å²) in [5.41, 5.74) is 0.766. The van der Waals surface area contributed by atoms with Gasteiger partial charge in [-0.15, -0.1) is 0 Å². The molecule has 5 heteroatoms. The minimum absolute atomic E-state index is 0.214. The van der Waals surface area contributed by atoms with Crippen molar-refractivity contribution in [2.75, 3.05) is 11.9 Å². The molecule has 0 aliphatic carbocycles. The minimum atomic E-state index is -0.214. The Balaban J connectivity index is 2.69. The fraction of sp³-hybridized carbons (Fsp3) is 0.636. The van der Waals surface area contributed by atoms with E-state index in [4.69, 9.17) is 0 Å². The van der Waals surface area contributed by atoms with E-state index >= 15 is 0 Å². The fourth-order valence-electron chi connectivity index (χ4n) is 1.08. The standard InChI is InChI=1S/C11H18BrN3O/c1-7(11(2,3)4)5-13-8-6-14-15-10(16)9(8)12/h6-7H,5H2,1-4H3,(H2,13,15,16). The van der Waals surface area contributed by atoms with E-state index in [0.29, 0.717) is 10.4 Å². The van der Waals surface area contributed by atoms with Crippen LogP contribution in [-0.2, 0) is 0 Å². The summed E-state index contributed by atoms with van der Waals surface area (Å²) < 4.78 is 0.503. The smallest absolute Gasteiger partial charge is 0.280 e. The molecule has 1 heterocycles. The van der Waals surface area contributed by atoms with Crippen LogP contribution in [0, 0.1) is 11.3 Å². The van der Waals surface area contributed by atoms with Gasteiger partial charge in [-0.3, -0.25) is 4.79 Å². The lowest BCUT2D eigenvalue weighted by molar-refractivity contribution is 0.274. The third-order valence-electron chi connectivity index (χ3n) is 2.87. The van der Waals surface area contributed by atoms with E-state index < -0.39 is 0 Å². The van der Waals surface area contributed by atoms with Crippen LogP contribution in [-0.4, -0.2) is 16.7 Å². The van der Waals surface area contributed by atoms with Gasteiger partial charge in [0.15, 0.2) is 0 Å². The molecule has 0 fully saturated rings. The molecule has 4 nitrogen and oxygen atoms in total. The zero-order chi connectivity index (χ0) is 12.3. The zero-order valence-corrected chi connectivity index (χ0v) is 11.7. The maximum atomic E-state index is 11.3. The van der Waals surface area contributed by atoms with Crippen LogP contribution in [0.1, 0.15) is 27.7 Å². The molecular weight excluding hydrogens is 270 g/mol. The monoisotopic (exact) mass is 287 g/mol. The van der Waals surface area contributed by atoms with Gasteiger partial charge in [0.05, 0.1) is 11.9 Å². The first-order valence-corrected chi connectivity index (χ1v) is 6.08. The van der Waals surface area contributed by atoms with E-state index in [-0.39, 0.29) is 11.0 Å². The second-order valence-corrected chi connectivity index (χ2v) is 5.87. The van der Waals surface area contributed by atoms with Gasteiger partial charge >= 0.3 is 0 Å². The summed E-state index contributed by atoms with van der Waals surface area (Å²) >= 11 is 3.23. The predicted octanol–water partition coefficient (Wildman–Crippen LogP) is 2.63. The van der Waals surface area contributed by atoms with Crippen LogP contribution in [0.3, 0.4) is 0 Å². The molecular formula is C11H18BrN3O. The topological polar surface area (TPSA) is 57.8 Å². The number of nitrogens with zero attached hydrogens (tertiary/aromatic N) is 1. The Kier molecular flexibility index (Phi) is 4.13. The Morgan fingerprint density at radius 3 is 2.75 bits per heavy atom. The summed E-state index contributed by atoms with van der Waals surface area (Å²) in [6, 6.07) is 0. The van der Waals surface area contributed by atoms with Crippen molar-refractivity contribution in [2.45, 2.75) is 27.7 Å². The number of rotatable bonds is 3. The van der Waals surface area contributed by atoms with Gasteiger partial charge in [-0.1, -0.05) is 27.7 Å². The van der Waals surface area contributed by atoms with Gasteiger partial charge in [-0.25, -0.2) is 5.10 Å². The molecule has 2 N–H and O–H groups in total. The molecule has 0 aromatic carbocycles. The van der Waals surface area contributed by atoms with Crippen molar-refractivity contribution in [2.24, 2.45) is 11.3 Å². The van der Waals surface area contributed by atoms with Crippen molar-refractivity contribution in [1.82, 2.24) is 10.2 Å². The summed E-state index contributed by atoms with van der Waals surface area (Å²) in [6.45, 7) is 9.59. The summed E-state index contributed by atoms with van der Waals surface area (Å²) in [7, 11) is 0. The van der Waals surface area contributed by atoms with Crippen molar-refractivity contribution < 1.29 is 0 Å². The average molecular weight is 288 g/mol. The molecule has 0 radical (unpaired) electrons. The third kappa shape index (κ3) is 3.33. The highest BCUT2D eigenvalue weighted by atomic mass is 79.9. The number of aromatic nitrogens is 2. The normalized spacial score (nSPS) is 13.6. The highest BCUT2D eigenvalue weighted by Crippen LogP contribution is 2.26. The Labute approximate surface area is 104 Å². The lowest BCUT2D eigenvalue weighted by Crippen LogP contribution is -2.25. The lowest BCUT2D eigenvalue weighted by Gasteiger charge is -2.27. The first kappa shape index (κ1) is 13.2. The van der Waals surface area contributed by atoms with Crippen LogP contribution < -0.4 is 10.9 Å². The van der Waals surface area contributed by atoms with Gasteiger partial charge in [0.2, 0.25) is 0 Å². The number of aromatic amines is 1. The maximum Gasteiger partial charge on any atom is 0.280 e. The van der Waals surface area contributed by atoms with E-state index in [0.717, 1.165) is 12.2 Å².